The first kappa shape index (κ1) is 15.8. The number of nitrogen functional groups attached to an aromatic ring is 1. The summed E-state index contributed by atoms with van der Waals surface area (Å²) in [6, 6.07) is 2.99. The number of aliphatic hydroxyl groups is 1. The largest absolute Gasteiger partial charge is 0.416 e. The summed E-state index contributed by atoms with van der Waals surface area (Å²) < 4.78 is 42.8. The molecule has 2 unspecified atom stereocenters. The molecule has 0 aromatic heterocycles. The van der Waals surface area contributed by atoms with Gasteiger partial charge in [0.1, 0.15) is 0 Å². The third-order valence-corrected chi connectivity index (χ3v) is 3.05. The molecule has 0 aliphatic heterocycles. The van der Waals surface area contributed by atoms with Crippen molar-refractivity contribution < 1.29 is 23.0 Å². The van der Waals surface area contributed by atoms with E-state index in [1.165, 1.54) is 13.2 Å². The quantitative estimate of drug-likeness (QED) is 0.813. The van der Waals surface area contributed by atoms with Gasteiger partial charge in [0.05, 0.1) is 11.7 Å². The fourth-order valence-corrected chi connectivity index (χ4v) is 1.78. The fraction of sp³-hybridized carbons (Fsp3) is 0.538. The second kappa shape index (κ2) is 6.25. The first-order valence-corrected chi connectivity index (χ1v) is 5.91. The molecule has 0 aliphatic carbocycles. The summed E-state index contributed by atoms with van der Waals surface area (Å²) in [6.45, 7) is 2.17. The first-order chi connectivity index (χ1) is 8.77. The SMILES string of the molecule is COCCC(C)C(O)c1cc(C(F)(F)F)ccc1N. The van der Waals surface area contributed by atoms with Crippen molar-refractivity contribution in [3.05, 3.63) is 29.3 Å². The molecule has 0 saturated carbocycles. The fourth-order valence-electron chi connectivity index (χ4n) is 1.78. The zero-order valence-corrected chi connectivity index (χ0v) is 10.9. The Morgan fingerprint density at radius 3 is 2.53 bits per heavy atom. The third kappa shape index (κ3) is 4.11. The normalized spacial score (nSPS) is 15.3. The predicted molar refractivity (Wildman–Crippen MR) is 66.5 cm³/mol. The number of ether oxygens (including phenoxy) is 1. The second-order valence-electron chi connectivity index (χ2n) is 4.55. The topological polar surface area (TPSA) is 55.5 Å². The van der Waals surface area contributed by atoms with E-state index in [-0.39, 0.29) is 17.2 Å². The highest BCUT2D eigenvalue weighted by atomic mass is 19.4. The van der Waals surface area contributed by atoms with Crippen LogP contribution in [0.15, 0.2) is 18.2 Å². The monoisotopic (exact) mass is 277 g/mol. The van der Waals surface area contributed by atoms with E-state index >= 15 is 0 Å². The molecule has 108 valence electrons. The van der Waals surface area contributed by atoms with Gasteiger partial charge in [-0.25, -0.2) is 0 Å². The number of aliphatic hydroxyl groups excluding tert-OH is 1. The first-order valence-electron chi connectivity index (χ1n) is 5.91. The minimum absolute atomic E-state index is 0.110. The van der Waals surface area contributed by atoms with Crippen LogP contribution < -0.4 is 5.73 Å². The van der Waals surface area contributed by atoms with Crippen molar-refractivity contribution in [2.24, 2.45) is 5.92 Å². The van der Waals surface area contributed by atoms with E-state index in [1.54, 1.807) is 6.92 Å². The average molecular weight is 277 g/mol. The van der Waals surface area contributed by atoms with Gasteiger partial charge in [-0.2, -0.15) is 13.2 Å². The molecule has 0 saturated heterocycles. The van der Waals surface area contributed by atoms with Crippen LogP contribution in [0.3, 0.4) is 0 Å². The van der Waals surface area contributed by atoms with Crippen molar-refractivity contribution in [2.75, 3.05) is 19.5 Å². The molecule has 1 aromatic carbocycles. The van der Waals surface area contributed by atoms with Crippen LogP contribution >= 0.6 is 0 Å². The number of rotatable bonds is 5. The second-order valence-corrected chi connectivity index (χ2v) is 4.55. The van der Waals surface area contributed by atoms with E-state index in [4.69, 9.17) is 10.5 Å². The van der Waals surface area contributed by atoms with E-state index in [0.717, 1.165) is 12.1 Å². The molecule has 0 bridgehead atoms. The van der Waals surface area contributed by atoms with Crippen LogP contribution in [0.1, 0.15) is 30.6 Å². The molecule has 1 aromatic rings. The maximum atomic E-state index is 12.6. The molecule has 3 N–H and O–H groups in total. The third-order valence-electron chi connectivity index (χ3n) is 3.05. The number of hydrogen-bond donors (Lipinski definition) is 2. The molecule has 6 heteroatoms. The van der Waals surface area contributed by atoms with Gasteiger partial charge in [-0.05, 0) is 30.5 Å². The van der Waals surface area contributed by atoms with Crippen molar-refractivity contribution in [3.8, 4) is 0 Å². The Kier molecular flexibility index (Phi) is 5.20. The van der Waals surface area contributed by atoms with Crippen LogP contribution in [0.2, 0.25) is 0 Å². The van der Waals surface area contributed by atoms with Crippen LogP contribution in [0, 0.1) is 5.92 Å². The predicted octanol–water partition coefficient (Wildman–Crippen LogP) is 2.99. The standard InChI is InChI=1S/C13H18F3NO2/c1-8(5-6-19-2)12(18)10-7-9(13(14,15)16)3-4-11(10)17/h3-4,7-8,12,18H,5-6,17H2,1-2H3. The molecular formula is C13H18F3NO2. The lowest BCUT2D eigenvalue weighted by atomic mass is 9.92. The van der Waals surface area contributed by atoms with Gasteiger partial charge < -0.3 is 15.6 Å². The molecule has 2 atom stereocenters. The zero-order valence-electron chi connectivity index (χ0n) is 10.9. The minimum atomic E-state index is -4.45. The van der Waals surface area contributed by atoms with E-state index in [9.17, 15) is 18.3 Å². The maximum absolute atomic E-state index is 12.6. The lowest BCUT2D eigenvalue weighted by Gasteiger charge is -2.21. The van der Waals surface area contributed by atoms with Gasteiger partial charge in [0.2, 0.25) is 0 Å². The Morgan fingerprint density at radius 1 is 1.37 bits per heavy atom. The molecule has 0 spiro atoms. The molecule has 0 fully saturated rings. The summed E-state index contributed by atoms with van der Waals surface area (Å²) in [5, 5.41) is 10.1. The van der Waals surface area contributed by atoms with Gasteiger partial charge in [-0.3, -0.25) is 0 Å². The molecule has 3 nitrogen and oxygen atoms in total. The van der Waals surface area contributed by atoms with Crippen molar-refractivity contribution in [1.29, 1.82) is 0 Å². The highest BCUT2D eigenvalue weighted by Crippen LogP contribution is 2.35. The highest BCUT2D eigenvalue weighted by Gasteiger charge is 2.32. The molecule has 0 amide bonds. The van der Waals surface area contributed by atoms with Gasteiger partial charge in [-0.15, -0.1) is 0 Å². The van der Waals surface area contributed by atoms with Crippen molar-refractivity contribution >= 4 is 5.69 Å². The molecule has 0 radical (unpaired) electrons. The number of benzene rings is 1. The number of alkyl halides is 3. The van der Waals surface area contributed by atoms with Crippen LogP contribution in [-0.4, -0.2) is 18.8 Å². The van der Waals surface area contributed by atoms with Crippen LogP contribution in [0.25, 0.3) is 0 Å². The summed E-state index contributed by atoms with van der Waals surface area (Å²) in [6.07, 6.45) is -4.96. The number of anilines is 1. The Morgan fingerprint density at radius 2 is 2.00 bits per heavy atom. The van der Waals surface area contributed by atoms with Crippen LogP contribution in [0.5, 0.6) is 0 Å². The molecular weight excluding hydrogens is 259 g/mol. The van der Waals surface area contributed by atoms with E-state index < -0.39 is 17.8 Å². The van der Waals surface area contributed by atoms with Gasteiger partial charge in [0.15, 0.2) is 0 Å². The van der Waals surface area contributed by atoms with E-state index in [2.05, 4.69) is 0 Å². The van der Waals surface area contributed by atoms with Crippen LogP contribution in [-0.2, 0) is 10.9 Å². The summed E-state index contributed by atoms with van der Waals surface area (Å²) >= 11 is 0. The maximum Gasteiger partial charge on any atom is 0.416 e. The van der Waals surface area contributed by atoms with Gasteiger partial charge >= 0.3 is 6.18 Å². The molecule has 1 rings (SSSR count). The molecule has 0 aliphatic rings. The van der Waals surface area contributed by atoms with Crippen molar-refractivity contribution in [2.45, 2.75) is 25.6 Å². The smallest absolute Gasteiger partial charge is 0.398 e. The van der Waals surface area contributed by atoms with Gasteiger partial charge in [0, 0.05) is 25.0 Å². The number of methoxy groups -OCH3 is 1. The summed E-state index contributed by atoms with van der Waals surface area (Å²) in [7, 11) is 1.53. The van der Waals surface area contributed by atoms with Gasteiger partial charge in [0.25, 0.3) is 0 Å². The number of halogens is 3. The Balaban J connectivity index is 2.98. The van der Waals surface area contributed by atoms with Crippen molar-refractivity contribution in [1.82, 2.24) is 0 Å². The van der Waals surface area contributed by atoms with Gasteiger partial charge in [-0.1, -0.05) is 6.92 Å². The number of hydrogen-bond acceptors (Lipinski definition) is 3. The summed E-state index contributed by atoms with van der Waals surface area (Å²) in [5.74, 6) is -0.245. The average Bonchev–Trinajstić information content (AvgIpc) is 2.34. The number of nitrogens with two attached hydrogens (primary N) is 1. The summed E-state index contributed by atoms with van der Waals surface area (Å²) in [4.78, 5) is 0. The minimum Gasteiger partial charge on any atom is -0.398 e. The lowest BCUT2D eigenvalue weighted by Crippen LogP contribution is -2.15. The molecule has 19 heavy (non-hydrogen) atoms. The lowest BCUT2D eigenvalue weighted by molar-refractivity contribution is -0.137. The highest BCUT2D eigenvalue weighted by molar-refractivity contribution is 5.50. The molecule has 0 heterocycles. The Bertz CT molecular complexity index is 421. The van der Waals surface area contributed by atoms with E-state index in [0.29, 0.717) is 13.0 Å². The Labute approximate surface area is 110 Å². The van der Waals surface area contributed by atoms with Crippen molar-refractivity contribution in [3.63, 3.8) is 0 Å². The summed E-state index contributed by atoms with van der Waals surface area (Å²) in [5.41, 5.74) is 5.10. The van der Waals surface area contributed by atoms with Crippen LogP contribution in [0.4, 0.5) is 18.9 Å². The zero-order chi connectivity index (χ0) is 14.6. The van der Waals surface area contributed by atoms with E-state index in [1.807, 2.05) is 0 Å². The Hall–Kier alpha value is -1.27.